The third-order valence-corrected chi connectivity index (χ3v) is 4.53. The quantitative estimate of drug-likeness (QED) is 0.220. The molecule has 0 unspecified atom stereocenters. The number of hydrogen-bond acceptors (Lipinski definition) is 5. The van der Waals surface area contributed by atoms with Gasteiger partial charge in [-0.05, 0) is 30.2 Å². The van der Waals surface area contributed by atoms with Gasteiger partial charge in [0.1, 0.15) is 0 Å². The van der Waals surface area contributed by atoms with Crippen molar-refractivity contribution in [2.45, 2.75) is 13.0 Å². The van der Waals surface area contributed by atoms with Gasteiger partial charge in [-0.2, -0.15) is 0 Å². The van der Waals surface area contributed by atoms with E-state index < -0.39 is 0 Å². The van der Waals surface area contributed by atoms with Gasteiger partial charge in [0.05, 0.1) is 27.8 Å². The predicted molar refractivity (Wildman–Crippen MR) is 105 cm³/mol. The summed E-state index contributed by atoms with van der Waals surface area (Å²) in [5, 5.41) is 6.24. The van der Waals surface area contributed by atoms with Crippen LogP contribution in [0.1, 0.15) is 12.0 Å². The van der Waals surface area contributed by atoms with Gasteiger partial charge in [-0.15, -0.1) is 11.3 Å². The molecule has 0 amide bonds. The fraction of sp³-hybridized carbons (Fsp3) is 0.222. The number of fused-ring (bicyclic) bond motifs is 1. The highest BCUT2D eigenvalue weighted by Gasteiger charge is 2.03. The van der Waals surface area contributed by atoms with Crippen molar-refractivity contribution in [1.29, 1.82) is 0 Å². The Morgan fingerprint density at radius 3 is 3.12 bits per heavy atom. The van der Waals surface area contributed by atoms with Crippen LogP contribution in [0.4, 0.5) is 0 Å². The SMILES string of the molecule is CN=C(NCCCn1ccnc1)N/C(C=O)=C\c1ccc2ncsc2c1. The van der Waals surface area contributed by atoms with Gasteiger partial charge in [0, 0.05) is 32.5 Å². The normalized spacial score (nSPS) is 12.3. The van der Waals surface area contributed by atoms with E-state index in [1.54, 1.807) is 37.0 Å². The Hall–Kier alpha value is -3.00. The zero-order valence-corrected chi connectivity index (χ0v) is 15.2. The lowest BCUT2D eigenvalue weighted by Gasteiger charge is -2.11. The van der Waals surface area contributed by atoms with Crippen molar-refractivity contribution < 1.29 is 4.79 Å². The molecule has 0 atom stereocenters. The highest BCUT2D eigenvalue weighted by atomic mass is 32.1. The summed E-state index contributed by atoms with van der Waals surface area (Å²) in [5.74, 6) is 0.563. The van der Waals surface area contributed by atoms with Crippen LogP contribution in [-0.2, 0) is 11.3 Å². The zero-order valence-electron chi connectivity index (χ0n) is 14.4. The van der Waals surface area contributed by atoms with Crippen LogP contribution in [-0.4, -0.2) is 40.4 Å². The van der Waals surface area contributed by atoms with E-state index in [1.165, 1.54) is 0 Å². The Bertz CT molecular complexity index is 913. The number of carbonyl (C=O) groups is 1. The van der Waals surface area contributed by atoms with Crippen molar-refractivity contribution in [1.82, 2.24) is 25.2 Å². The van der Waals surface area contributed by atoms with E-state index in [2.05, 4.69) is 25.6 Å². The number of carbonyl (C=O) groups excluding carboxylic acids is 1. The van der Waals surface area contributed by atoms with E-state index in [0.29, 0.717) is 11.7 Å². The van der Waals surface area contributed by atoms with Crippen molar-refractivity contribution in [3.8, 4) is 0 Å². The second-order valence-electron chi connectivity index (χ2n) is 5.58. The lowest BCUT2D eigenvalue weighted by molar-refractivity contribution is -0.105. The molecule has 3 aromatic rings. The summed E-state index contributed by atoms with van der Waals surface area (Å²) >= 11 is 1.58. The number of aldehydes is 1. The monoisotopic (exact) mass is 368 g/mol. The maximum atomic E-state index is 11.4. The van der Waals surface area contributed by atoms with Crippen LogP contribution in [0.2, 0.25) is 0 Å². The summed E-state index contributed by atoms with van der Waals surface area (Å²) < 4.78 is 3.11. The van der Waals surface area contributed by atoms with Gasteiger partial charge in [0.25, 0.3) is 0 Å². The predicted octanol–water partition coefficient (Wildman–Crippen LogP) is 2.29. The molecule has 0 aliphatic rings. The molecule has 0 aliphatic carbocycles. The molecule has 8 heteroatoms. The first-order valence-electron chi connectivity index (χ1n) is 8.22. The molecule has 0 spiro atoms. The average molecular weight is 368 g/mol. The van der Waals surface area contributed by atoms with Crippen LogP contribution in [0, 0.1) is 0 Å². The number of hydrogen-bond donors (Lipinski definition) is 2. The maximum Gasteiger partial charge on any atom is 0.195 e. The summed E-state index contributed by atoms with van der Waals surface area (Å²) in [6.07, 6.45) is 8.98. The molecule has 0 saturated heterocycles. The van der Waals surface area contributed by atoms with Crippen LogP contribution in [0.25, 0.3) is 16.3 Å². The standard InChI is InChI=1S/C18H20N6OS/c1-19-18(21-5-2-7-24-8-6-20-12-24)23-15(11-25)9-14-3-4-16-17(10-14)26-13-22-16/h3-4,6,8-13H,2,5,7H2,1H3,(H2,19,21,23)/b15-9-. The highest BCUT2D eigenvalue weighted by Crippen LogP contribution is 2.20. The molecule has 0 bridgehead atoms. The second-order valence-corrected chi connectivity index (χ2v) is 6.46. The van der Waals surface area contributed by atoms with Crippen molar-refractivity contribution in [3.05, 3.63) is 53.7 Å². The molecular formula is C18H20N6OS. The van der Waals surface area contributed by atoms with Gasteiger partial charge in [-0.1, -0.05) is 6.07 Å². The molecule has 0 fully saturated rings. The summed E-state index contributed by atoms with van der Waals surface area (Å²) in [6, 6.07) is 5.90. The van der Waals surface area contributed by atoms with Crippen LogP contribution in [0.3, 0.4) is 0 Å². The average Bonchev–Trinajstić information content (AvgIpc) is 3.34. The largest absolute Gasteiger partial charge is 0.356 e. The molecule has 2 aromatic heterocycles. The fourth-order valence-electron chi connectivity index (χ4n) is 2.44. The first-order chi connectivity index (χ1) is 12.8. The summed E-state index contributed by atoms with van der Waals surface area (Å²) in [7, 11) is 1.68. The minimum atomic E-state index is 0.441. The van der Waals surface area contributed by atoms with Crippen LogP contribution in [0.15, 0.2) is 53.1 Å². The third-order valence-electron chi connectivity index (χ3n) is 3.74. The van der Waals surface area contributed by atoms with E-state index in [-0.39, 0.29) is 0 Å². The molecule has 2 N–H and O–H groups in total. The number of nitrogens with zero attached hydrogens (tertiary/aromatic N) is 4. The van der Waals surface area contributed by atoms with Gasteiger partial charge in [-0.25, -0.2) is 9.97 Å². The van der Waals surface area contributed by atoms with Crippen LogP contribution >= 0.6 is 11.3 Å². The molecule has 0 saturated carbocycles. The molecule has 1 aromatic carbocycles. The van der Waals surface area contributed by atoms with Crippen molar-refractivity contribution in [3.63, 3.8) is 0 Å². The molecule has 0 radical (unpaired) electrons. The minimum Gasteiger partial charge on any atom is -0.356 e. The molecule has 3 rings (SSSR count). The number of benzene rings is 1. The molecule has 26 heavy (non-hydrogen) atoms. The van der Waals surface area contributed by atoms with Gasteiger partial charge in [0.2, 0.25) is 0 Å². The number of nitrogens with one attached hydrogen (secondary N) is 2. The summed E-state index contributed by atoms with van der Waals surface area (Å²) in [5.41, 5.74) is 4.15. The molecule has 134 valence electrons. The Kier molecular flexibility index (Phi) is 6.10. The Morgan fingerprint density at radius 1 is 1.42 bits per heavy atom. The molecule has 2 heterocycles. The summed E-state index contributed by atoms with van der Waals surface area (Å²) in [4.78, 5) is 23.9. The zero-order chi connectivity index (χ0) is 18.2. The van der Waals surface area contributed by atoms with E-state index in [1.807, 2.05) is 34.5 Å². The number of thiazole rings is 1. The lowest BCUT2D eigenvalue weighted by Crippen LogP contribution is -2.37. The van der Waals surface area contributed by atoms with Crippen LogP contribution < -0.4 is 10.6 Å². The highest BCUT2D eigenvalue weighted by molar-refractivity contribution is 7.16. The molecular weight excluding hydrogens is 348 g/mol. The van der Waals surface area contributed by atoms with E-state index in [9.17, 15) is 4.79 Å². The van der Waals surface area contributed by atoms with Gasteiger partial charge in [-0.3, -0.25) is 9.79 Å². The summed E-state index contributed by atoms with van der Waals surface area (Å²) in [6.45, 7) is 1.60. The van der Waals surface area contributed by atoms with Crippen molar-refractivity contribution >= 4 is 39.9 Å². The van der Waals surface area contributed by atoms with Gasteiger partial charge < -0.3 is 15.2 Å². The Morgan fingerprint density at radius 2 is 2.35 bits per heavy atom. The first kappa shape index (κ1) is 17.8. The number of aryl methyl sites for hydroxylation is 1. The maximum absolute atomic E-state index is 11.4. The topological polar surface area (TPSA) is 84.2 Å². The van der Waals surface area contributed by atoms with E-state index >= 15 is 0 Å². The Labute approximate surface area is 155 Å². The second kappa shape index (κ2) is 8.91. The number of aliphatic imine (C=N–C) groups is 1. The van der Waals surface area contributed by atoms with Crippen molar-refractivity contribution in [2.24, 2.45) is 4.99 Å². The first-order valence-corrected chi connectivity index (χ1v) is 9.10. The van der Waals surface area contributed by atoms with Crippen molar-refractivity contribution in [2.75, 3.05) is 13.6 Å². The fourth-order valence-corrected chi connectivity index (χ4v) is 3.17. The molecule has 7 nitrogen and oxygen atoms in total. The lowest BCUT2D eigenvalue weighted by atomic mass is 10.2. The smallest absolute Gasteiger partial charge is 0.195 e. The minimum absolute atomic E-state index is 0.441. The van der Waals surface area contributed by atoms with Gasteiger partial charge in [0.15, 0.2) is 12.2 Å². The van der Waals surface area contributed by atoms with Gasteiger partial charge >= 0.3 is 0 Å². The number of rotatable bonds is 7. The third kappa shape index (κ3) is 4.76. The molecule has 0 aliphatic heterocycles. The van der Waals surface area contributed by atoms with E-state index in [0.717, 1.165) is 41.6 Å². The number of imidazole rings is 1. The Balaban J connectivity index is 1.57. The number of aromatic nitrogens is 3. The number of allylic oxidation sites excluding steroid dienone is 1. The van der Waals surface area contributed by atoms with Crippen LogP contribution in [0.5, 0.6) is 0 Å². The number of guanidine groups is 1. The van der Waals surface area contributed by atoms with E-state index in [4.69, 9.17) is 0 Å².